The third-order valence-corrected chi connectivity index (χ3v) is 10.1. The molecule has 0 aliphatic rings. The molecule has 0 aromatic heterocycles. The zero-order valence-electron chi connectivity index (χ0n) is 32.3. The van der Waals surface area contributed by atoms with Crippen molar-refractivity contribution in [3.8, 4) is 0 Å². The molecular weight excluding hydrogens is 719 g/mol. The standard InChI is InChI=1S/C45H53N7O5/c1-2-36(47)42(54)50-39(27-30-19-21-32-14-6-8-16-34(32)24-30)44(56)52-40(28-31-20-22-33-15-7-9-17-35(33)25-31)45(57)51-38(26-29-12-4-3-5-13-29)43(55)49-37(41(48)53)18-10-11-23-46/h3-9,12-17,19-22,24-25,36-40H,2,10-11,18,23,26-28,46-47H2,1H3,(H2,48,53)(H,49,55)(H,50,54)(H,51,57)(H,52,56)/t36-,37-,38-,39+,40+/m0/s1. The van der Waals surface area contributed by atoms with Gasteiger partial charge in [-0.3, -0.25) is 24.0 Å². The highest BCUT2D eigenvalue weighted by molar-refractivity contribution is 5.96. The topological polar surface area (TPSA) is 212 Å². The Hall–Kier alpha value is -6.11. The van der Waals surface area contributed by atoms with Gasteiger partial charge in [0.15, 0.2) is 0 Å². The van der Waals surface area contributed by atoms with Crippen LogP contribution in [0.5, 0.6) is 0 Å². The van der Waals surface area contributed by atoms with Gasteiger partial charge in [0.25, 0.3) is 0 Å². The summed E-state index contributed by atoms with van der Waals surface area (Å²) in [6.45, 7) is 2.20. The number of nitrogens with one attached hydrogen (secondary N) is 4. The fourth-order valence-corrected chi connectivity index (χ4v) is 6.74. The molecule has 0 aliphatic carbocycles. The molecule has 0 radical (unpaired) electrons. The number of benzene rings is 5. The van der Waals surface area contributed by atoms with Crippen LogP contribution in [-0.2, 0) is 43.2 Å². The number of carbonyl (C=O) groups excluding carboxylic acids is 5. The third-order valence-electron chi connectivity index (χ3n) is 10.1. The van der Waals surface area contributed by atoms with E-state index in [9.17, 15) is 24.0 Å². The number of carbonyl (C=O) groups is 5. The van der Waals surface area contributed by atoms with E-state index in [0.717, 1.165) is 38.2 Å². The van der Waals surface area contributed by atoms with E-state index in [4.69, 9.17) is 17.2 Å². The van der Waals surface area contributed by atoms with Crippen molar-refractivity contribution >= 4 is 51.1 Å². The van der Waals surface area contributed by atoms with Crippen molar-refractivity contribution < 1.29 is 24.0 Å². The molecule has 0 fully saturated rings. The van der Waals surface area contributed by atoms with E-state index in [1.54, 1.807) is 6.92 Å². The summed E-state index contributed by atoms with van der Waals surface area (Å²) in [5, 5.41) is 15.3. The van der Waals surface area contributed by atoms with E-state index < -0.39 is 59.7 Å². The van der Waals surface area contributed by atoms with Crippen LogP contribution in [0.4, 0.5) is 0 Å². The molecule has 5 aromatic carbocycles. The highest BCUT2D eigenvalue weighted by Gasteiger charge is 2.32. The minimum Gasteiger partial charge on any atom is -0.368 e. The van der Waals surface area contributed by atoms with Crippen LogP contribution in [0, 0.1) is 0 Å². The number of rotatable bonds is 20. The van der Waals surface area contributed by atoms with Crippen LogP contribution >= 0.6 is 0 Å². The number of unbranched alkanes of at least 4 members (excludes halogenated alkanes) is 1. The average molecular weight is 772 g/mol. The first-order chi connectivity index (χ1) is 27.5. The van der Waals surface area contributed by atoms with E-state index >= 15 is 0 Å². The van der Waals surface area contributed by atoms with E-state index in [2.05, 4.69) is 21.3 Å². The highest BCUT2D eigenvalue weighted by atomic mass is 16.2. The SMILES string of the molecule is CC[C@H](N)C(=O)N[C@H](Cc1ccc2ccccc2c1)C(=O)N[C@H](Cc1ccc2ccccc2c1)C(=O)N[C@@H](Cc1ccccc1)C(=O)N[C@@H](CCCCN)C(N)=O. The lowest BCUT2D eigenvalue weighted by atomic mass is 9.98. The maximum absolute atomic E-state index is 14.5. The highest BCUT2D eigenvalue weighted by Crippen LogP contribution is 2.19. The van der Waals surface area contributed by atoms with Gasteiger partial charge in [-0.05, 0) is 70.5 Å². The lowest BCUT2D eigenvalue weighted by Crippen LogP contribution is -2.59. The predicted molar refractivity (Wildman–Crippen MR) is 224 cm³/mol. The van der Waals surface area contributed by atoms with Gasteiger partial charge in [0.2, 0.25) is 29.5 Å². The molecule has 5 amide bonds. The number of nitrogens with two attached hydrogens (primary N) is 3. The Kier molecular flexibility index (Phi) is 15.3. The monoisotopic (exact) mass is 771 g/mol. The van der Waals surface area contributed by atoms with Gasteiger partial charge in [-0.25, -0.2) is 0 Å². The molecular formula is C45H53N7O5. The largest absolute Gasteiger partial charge is 0.368 e. The zero-order chi connectivity index (χ0) is 40.7. The summed E-state index contributed by atoms with van der Waals surface area (Å²) in [7, 11) is 0. The van der Waals surface area contributed by atoms with Gasteiger partial charge in [-0.15, -0.1) is 0 Å². The Morgan fingerprint density at radius 3 is 1.39 bits per heavy atom. The molecule has 0 unspecified atom stereocenters. The average Bonchev–Trinajstić information content (AvgIpc) is 3.22. The van der Waals surface area contributed by atoms with Gasteiger partial charge in [-0.2, -0.15) is 0 Å². The van der Waals surface area contributed by atoms with Crippen LogP contribution < -0.4 is 38.5 Å². The number of fused-ring (bicyclic) bond motifs is 2. The van der Waals surface area contributed by atoms with Crippen molar-refractivity contribution in [1.29, 1.82) is 0 Å². The number of hydrogen-bond donors (Lipinski definition) is 7. The molecule has 12 nitrogen and oxygen atoms in total. The molecule has 0 spiro atoms. The van der Waals surface area contributed by atoms with E-state index in [1.807, 2.05) is 115 Å². The van der Waals surface area contributed by atoms with Crippen LogP contribution in [0.2, 0.25) is 0 Å². The van der Waals surface area contributed by atoms with E-state index in [-0.39, 0.29) is 25.7 Å². The van der Waals surface area contributed by atoms with E-state index in [1.165, 1.54) is 0 Å². The summed E-state index contributed by atoms with van der Waals surface area (Å²) in [5.41, 5.74) is 19.7. The van der Waals surface area contributed by atoms with E-state index in [0.29, 0.717) is 25.8 Å². The second-order valence-corrected chi connectivity index (χ2v) is 14.4. The fourth-order valence-electron chi connectivity index (χ4n) is 6.74. The van der Waals surface area contributed by atoms with Gasteiger partial charge < -0.3 is 38.5 Å². The van der Waals surface area contributed by atoms with Crippen molar-refractivity contribution in [3.63, 3.8) is 0 Å². The van der Waals surface area contributed by atoms with Crippen molar-refractivity contribution in [2.75, 3.05) is 6.54 Å². The molecule has 5 rings (SSSR count). The first kappa shape index (κ1) is 42.0. The first-order valence-electron chi connectivity index (χ1n) is 19.5. The molecule has 10 N–H and O–H groups in total. The molecule has 0 heterocycles. The first-order valence-corrected chi connectivity index (χ1v) is 19.5. The normalized spacial score (nSPS) is 13.8. The second kappa shape index (κ2) is 20.7. The van der Waals surface area contributed by atoms with Crippen LogP contribution in [0.15, 0.2) is 115 Å². The summed E-state index contributed by atoms with van der Waals surface area (Å²) in [6, 6.07) is 31.1. The van der Waals surface area contributed by atoms with Gasteiger partial charge >= 0.3 is 0 Å². The number of hydrogen-bond acceptors (Lipinski definition) is 7. The van der Waals surface area contributed by atoms with Gasteiger partial charge in [0, 0.05) is 19.3 Å². The molecule has 0 saturated heterocycles. The minimum absolute atomic E-state index is 0.0657. The summed E-state index contributed by atoms with van der Waals surface area (Å²) >= 11 is 0. The molecule has 5 atom stereocenters. The Bertz CT molecular complexity index is 2160. The summed E-state index contributed by atoms with van der Waals surface area (Å²) in [4.78, 5) is 68.2. The molecule has 5 aromatic rings. The fraction of sp³-hybridized carbons (Fsp3) is 0.311. The quantitative estimate of drug-likeness (QED) is 0.0587. The van der Waals surface area contributed by atoms with Crippen LogP contribution in [0.25, 0.3) is 21.5 Å². The molecule has 0 saturated carbocycles. The Labute approximate surface area is 333 Å². The molecule has 57 heavy (non-hydrogen) atoms. The lowest BCUT2D eigenvalue weighted by molar-refractivity contribution is -0.134. The number of amides is 5. The molecule has 12 heteroatoms. The van der Waals surface area contributed by atoms with Crippen molar-refractivity contribution in [2.45, 2.75) is 82.1 Å². The smallest absolute Gasteiger partial charge is 0.243 e. The summed E-state index contributed by atoms with van der Waals surface area (Å²) in [6.07, 6.45) is 2.15. The molecule has 0 bridgehead atoms. The van der Waals surface area contributed by atoms with Gasteiger partial charge in [0.05, 0.1) is 6.04 Å². The summed E-state index contributed by atoms with van der Waals surface area (Å²) in [5.74, 6) is -3.03. The number of primary amides is 1. The Morgan fingerprint density at radius 2 is 0.930 bits per heavy atom. The minimum atomic E-state index is -1.18. The lowest BCUT2D eigenvalue weighted by Gasteiger charge is -2.27. The van der Waals surface area contributed by atoms with Gasteiger partial charge in [0.1, 0.15) is 24.2 Å². The third kappa shape index (κ3) is 12.2. The Balaban J connectivity index is 1.46. The van der Waals surface area contributed by atoms with Gasteiger partial charge in [-0.1, -0.05) is 122 Å². The molecule has 298 valence electrons. The maximum atomic E-state index is 14.5. The van der Waals surface area contributed by atoms with Crippen molar-refractivity contribution in [3.05, 3.63) is 132 Å². The van der Waals surface area contributed by atoms with Crippen molar-refractivity contribution in [1.82, 2.24) is 21.3 Å². The summed E-state index contributed by atoms with van der Waals surface area (Å²) < 4.78 is 0. The zero-order valence-corrected chi connectivity index (χ0v) is 32.3. The van der Waals surface area contributed by atoms with Crippen LogP contribution in [-0.4, -0.2) is 66.3 Å². The van der Waals surface area contributed by atoms with Crippen LogP contribution in [0.3, 0.4) is 0 Å². The maximum Gasteiger partial charge on any atom is 0.243 e. The van der Waals surface area contributed by atoms with Crippen LogP contribution in [0.1, 0.15) is 49.3 Å². The van der Waals surface area contributed by atoms with Crippen molar-refractivity contribution in [2.24, 2.45) is 17.2 Å². The second-order valence-electron chi connectivity index (χ2n) is 14.4. The predicted octanol–water partition coefficient (Wildman–Crippen LogP) is 3.31. The Morgan fingerprint density at radius 1 is 0.509 bits per heavy atom. The molecule has 0 aliphatic heterocycles.